The van der Waals surface area contributed by atoms with E-state index in [9.17, 15) is 4.57 Å². The quantitative estimate of drug-likeness (QED) is 0.791. The molecule has 2 aromatic carbocycles. The molecule has 0 aromatic heterocycles. The van der Waals surface area contributed by atoms with Gasteiger partial charge in [0.25, 0.3) is 0 Å². The Labute approximate surface area is 107 Å². The van der Waals surface area contributed by atoms with E-state index in [1.807, 2.05) is 48.5 Å². The molecule has 3 nitrogen and oxygen atoms in total. The molecular formula is C14H15O3P. The highest BCUT2D eigenvalue weighted by Gasteiger charge is 2.24. The lowest BCUT2D eigenvalue weighted by molar-refractivity contribution is 0.287. The summed E-state index contributed by atoms with van der Waals surface area (Å²) in [6, 6.07) is 17.3. The zero-order valence-corrected chi connectivity index (χ0v) is 11.3. The molecule has 0 unspecified atom stereocenters. The molecule has 0 spiro atoms. The van der Waals surface area contributed by atoms with Crippen LogP contribution < -0.4 is 5.30 Å². The van der Waals surface area contributed by atoms with Crippen molar-refractivity contribution in [1.29, 1.82) is 0 Å². The molecule has 0 aliphatic heterocycles. The fourth-order valence-corrected chi connectivity index (χ4v) is 2.91. The summed E-state index contributed by atoms with van der Waals surface area (Å²) in [4.78, 5) is 0. The van der Waals surface area contributed by atoms with Crippen LogP contribution in [-0.2, 0) is 13.6 Å². The first kappa shape index (κ1) is 13.0. The van der Waals surface area contributed by atoms with Crippen molar-refractivity contribution in [2.45, 2.75) is 0 Å². The standard InChI is InChI=1S/C14H15O3P/c1-16-18(15,17-2)14-10-6-9-13(11-14)12-7-4-3-5-8-12/h3-11H,1-2H3. The Kier molecular flexibility index (Phi) is 3.97. The largest absolute Gasteiger partial charge is 0.360 e. The third-order valence-electron chi connectivity index (χ3n) is 2.75. The van der Waals surface area contributed by atoms with Crippen LogP contribution >= 0.6 is 7.60 Å². The van der Waals surface area contributed by atoms with Crippen LogP contribution in [0.25, 0.3) is 11.1 Å². The van der Waals surface area contributed by atoms with Crippen LogP contribution in [0.15, 0.2) is 54.6 Å². The lowest BCUT2D eigenvalue weighted by Gasteiger charge is -2.14. The number of hydrogen-bond acceptors (Lipinski definition) is 3. The van der Waals surface area contributed by atoms with Gasteiger partial charge in [0.2, 0.25) is 0 Å². The third-order valence-corrected chi connectivity index (χ3v) is 4.62. The molecule has 0 atom stereocenters. The molecule has 0 aliphatic carbocycles. The van der Waals surface area contributed by atoms with Crippen LogP contribution in [0.3, 0.4) is 0 Å². The second kappa shape index (κ2) is 5.49. The summed E-state index contributed by atoms with van der Waals surface area (Å²) in [6.45, 7) is 0. The fourth-order valence-electron chi connectivity index (χ4n) is 1.77. The predicted octanol–water partition coefficient (Wildman–Crippen LogP) is 3.46. The molecule has 4 heteroatoms. The van der Waals surface area contributed by atoms with Gasteiger partial charge >= 0.3 is 7.60 Å². The monoisotopic (exact) mass is 262 g/mol. The first-order valence-corrected chi connectivity index (χ1v) is 7.11. The molecule has 0 bridgehead atoms. The highest BCUT2D eigenvalue weighted by atomic mass is 31.2. The zero-order valence-electron chi connectivity index (χ0n) is 10.4. The van der Waals surface area contributed by atoms with Gasteiger partial charge in [0.1, 0.15) is 0 Å². The molecule has 2 aromatic rings. The van der Waals surface area contributed by atoms with Gasteiger partial charge in [0.15, 0.2) is 0 Å². The highest BCUT2D eigenvalue weighted by Crippen LogP contribution is 2.45. The molecule has 2 rings (SSSR count). The Morgan fingerprint density at radius 3 is 2.06 bits per heavy atom. The van der Waals surface area contributed by atoms with Crippen molar-refractivity contribution in [3.63, 3.8) is 0 Å². The molecule has 94 valence electrons. The molecule has 0 N–H and O–H groups in total. The van der Waals surface area contributed by atoms with Gasteiger partial charge < -0.3 is 9.05 Å². The summed E-state index contributed by atoms with van der Waals surface area (Å²) >= 11 is 0. The van der Waals surface area contributed by atoms with Gasteiger partial charge in [-0.15, -0.1) is 0 Å². The topological polar surface area (TPSA) is 35.5 Å². The van der Waals surface area contributed by atoms with Crippen molar-refractivity contribution in [3.8, 4) is 11.1 Å². The summed E-state index contributed by atoms with van der Waals surface area (Å²) in [6.07, 6.45) is 0. The number of benzene rings is 2. The normalized spacial score (nSPS) is 11.4. The van der Waals surface area contributed by atoms with Crippen LogP contribution in [0.4, 0.5) is 0 Å². The second-order valence-corrected chi connectivity index (χ2v) is 6.02. The van der Waals surface area contributed by atoms with E-state index < -0.39 is 7.60 Å². The maximum absolute atomic E-state index is 12.3. The van der Waals surface area contributed by atoms with Crippen molar-refractivity contribution in [3.05, 3.63) is 54.6 Å². The van der Waals surface area contributed by atoms with Crippen LogP contribution in [0.2, 0.25) is 0 Å². The van der Waals surface area contributed by atoms with E-state index in [-0.39, 0.29) is 0 Å². The SMILES string of the molecule is COP(=O)(OC)c1cccc(-c2ccccc2)c1. The van der Waals surface area contributed by atoms with E-state index in [2.05, 4.69) is 0 Å². The molecule has 0 saturated heterocycles. The summed E-state index contributed by atoms with van der Waals surface area (Å²) in [5, 5.41) is 0.564. The van der Waals surface area contributed by atoms with Crippen molar-refractivity contribution < 1.29 is 13.6 Å². The van der Waals surface area contributed by atoms with Crippen molar-refractivity contribution >= 4 is 12.9 Å². The predicted molar refractivity (Wildman–Crippen MR) is 73.1 cm³/mol. The Morgan fingerprint density at radius 2 is 1.44 bits per heavy atom. The maximum Gasteiger partial charge on any atom is 0.360 e. The maximum atomic E-state index is 12.3. The number of rotatable bonds is 4. The first-order valence-electron chi connectivity index (χ1n) is 5.57. The van der Waals surface area contributed by atoms with Crippen LogP contribution in [0, 0.1) is 0 Å². The van der Waals surface area contributed by atoms with Crippen LogP contribution in [-0.4, -0.2) is 14.2 Å². The van der Waals surface area contributed by atoms with Crippen LogP contribution in [0.1, 0.15) is 0 Å². The van der Waals surface area contributed by atoms with Gasteiger partial charge in [-0.05, 0) is 23.3 Å². The lowest BCUT2D eigenvalue weighted by atomic mass is 10.1. The summed E-state index contributed by atoms with van der Waals surface area (Å²) in [5.41, 5.74) is 2.06. The summed E-state index contributed by atoms with van der Waals surface area (Å²) in [7, 11) is -0.404. The Morgan fingerprint density at radius 1 is 0.833 bits per heavy atom. The van der Waals surface area contributed by atoms with E-state index >= 15 is 0 Å². The van der Waals surface area contributed by atoms with Gasteiger partial charge in [-0.1, -0.05) is 42.5 Å². The Hall–Kier alpha value is -1.41. The Balaban J connectivity index is 2.46. The average Bonchev–Trinajstić information content (AvgIpc) is 2.47. The highest BCUT2D eigenvalue weighted by molar-refractivity contribution is 7.62. The van der Waals surface area contributed by atoms with Crippen molar-refractivity contribution in [1.82, 2.24) is 0 Å². The minimum Gasteiger partial charge on any atom is -0.309 e. The zero-order chi connectivity index (χ0) is 13.0. The van der Waals surface area contributed by atoms with Crippen LogP contribution in [0.5, 0.6) is 0 Å². The van der Waals surface area contributed by atoms with Gasteiger partial charge in [0, 0.05) is 14.2 Å². The van der Waals surface area contributed by atoms with E-state index in [4.69, 9.17) is 9.05 Å². The lowest BCUT2D eigenvalue weighted by Crippen LogP contribution is -2.07. The van der Waals surface area contributed by atoms with Gasteiger partial charge in [0.05, 0.1) is 5.30 Å². The van der Waals surface area contributed by atoms with Crippen molar-refractivity contribution in [2.75, 3.05) is 14.2 Å². The Bertz CT molecular complexity index is 558. The minimum absolute atomic E-state index is 0.564. The van der Waals surface area contributed by atoms with Gasteiger partial charge in [-0.3, -0.25) is 4.57 Å². The van der Waals surface area contributed by atoms with E-state index in [1.54, 1.807) is 6.07 Å². The van der Waals surface area contributed by atoms with E-state index in [0.29, 0.717) is 5.30 Å². The molecule has 0 heterocycles. The molecule has 18 heavy (non-hydrogen) atoms. The molecule has 0 aliphatic rings. The average molecular weight is 262 g/mol. The summed E-state index contributed by atoms with van der Waals surface area (Å²) < 4.78 is 22.3. The smallest absolute Gasteiger partial charge is 0.309 e. The molecule has 0 amide bonds. The minimum atomic E-state index is -3.18. The fraction of sp³-hybridized carbons (Fsp3) is 0.143. The third kappa shape index (κ3) is 2.54. The summed E-state index contributed by atoms with van der Waals surface area (Å²) in [5.74, 6) is 0. The molecule has 0 fully saturated rings. The first-order chi connectivity index (χ1) is 8.69. The molecule has 0 saturated carbocycles. The van der Waals surface area contributed by atoms with Gasteiger partial charge in [-0.2, -0.15) is 0 Å². The molecule has 0 radical (unpaired) electrons. The van der Waals surface area contributed by atoms with E-state index in [0.717, 1.165) is 11.1 Å². The van der Waals surface area contributed by atoms with E-state index in [1.165, 1.54) is 14.2 Å². The molecular weight excluding hydrogens is 247 g/mol. The number of hydrogen-bond donors (Lipinski definition) is 0. The van der Waals surface area contributed by atoms with Gasteiger partial charge in [-0.25, -0.2) is 0 Å². The second-order valence-electron chi connectivity index (χ2n) is 3.78. The van der Waals surface area contributed by atoms with Crippen molar-refractivity contribution in [2.24, 2.45) is 0 Å².